The molecule has 1 atom stereocenters. The zero-order chi connectivity index (χ0) is 16.9. The number of nitrogens with one attached hydrogen (secondary N) is 1. The van der Waals surface area contributed by atoms with Crippen LogP contribution in [0.15, 0.2) is 60.8 Å². The third-order valence-corrected chi connectivity index (χ3v) is 4.12. The van der Waals surface area contributed by atoms with Crippen LogP contribution in [0.2, 0.25) is 5.02 Å². The van der Waals surface area contributed by atoms with Crippen LogP contribution in [0.3, 0.4) is 0 Å². The Morgan fingerprint density at radius 2 is 1.83 bits per heavy atom. The highest BCUT2D eigenvalue weighted by Crippen LogP contribution is 2.19. The van der Waals surface area contributed by atoms with Crippen LogP contribution in [0, 0.1) is 0 Å². The van der Waals surface area contributed by atoms with Crippen LogP contribution >= 0.6 is 11.6 Å². The Labute approximate surface area is 146 Å². The SMILES string of the molecule is CN(Cc1ncc(-c2ccccc2)[nH]1)CC(O)c1ccc(Cl)cc1. The number of H-pyrrole nitrogens is 1. The van der Waals surface area contributed by atoms with Gasteiger partial charge in [0.15, 0.2) is 0 Å². The van der Waals surface area contributed by atoms with E-state index in [4.69, 9.17) is 11.6 Å². The first-order valence-electron chi connectivity index (χ1n) is 7.83. The van der Waals surface area contributed by atoms with Crippen molar-refractivity contribution in [3.63, 3.8) is 0 Å². The first-order valence-corrected chi connectivity index (χ1v) is 8.21. The summed E-state index contributed by atoms with van der Waals surface area (Å²) in [5, 5.41) is 11.0. The average molecular weight is 342 g/mol. The summed E-state index contributed by atoms with van der Waals surface area (Å²) in [5.74, 6) is 0.875. The fourth-order valence-electron chi connectivity index (χ4n) is 2.61. The Balaban J connectivity index is 1.60. The molecule has 0 amide bonds. The number of rotatable bonds is 6. The number of imidazole rings is 1. The summed E-state index contributed by atoms with van der Waals surface area (Å²) < 4.78 is 0. The highest BCUT2D eigenvalue weighted by Gasteiger charge is 2.12. The lowest BCUT2D eigenvalue weighted by Gasteiger charge is -2.19. The van der Waals surface area contributed by atoms with Gasteiger partial charge in [0.05, 0.1) is 24.5 Å². The molecular formula is C19H20ClN3O. The maximum absolute atomic E-state index is 10.3. The fourth-order valence-corrected chi connectivity index (χ4v) is 2.74. The number of aromatic amines is 1. The minimum atomic E-state index is -0.559. The molecule has 0 aliphatic carbocycles. The second-order valence-electron chi connectivity index (χ2n) is 5.87. The van der Waals surface area contributed by atoms with Gasteiger partial charge in [0.25, 0.3) is 0 Å². The molecule has 1 heterocycles. The van der Waals surface area contributed by atoms with E-state index in [0.29, 0.717) is 18.1 Å². The van der Waals surface area contributed by atoms with E-state index in [0.717, 1.165) is 22.6 Å². The van der Waals surface area contributed by atoms with Crippen molar-refractivity contribution in [1.29, 1.82) is 0 Å². The first-order chi connectivity index (χ1) is 11.6. The first kappa shape index (κ1) is 16.7. The number of nitrogens with zero attached hydrogens (tertiary/aromatic N) is 2. The molecule has 24 heavy (non-hydrogen) atoms. The molecule has 0 radical (unpaired) electrons. The predicted molar refractivity (Wildman–Crippen MR) is 96.8 cm³/mol. The number of benzene rings is 2. The second-order valence-corrected chi connectivity index (χ2v) is 6.31. The number of hydrogen-bond donors (Lipinski definition) is 2. The lowest BCUT2D eigenvalue weighted by atomic mass is 10.1. The number of aromatic nitrogens is 2. The van der Waals surface area contributed by atoms with E-state index >= 15 is 0 Å². The number of halogens is 1. The molecule has 3 rings (SSSR count). The minimum Gasteiger partial charge on any atom is -0.387 e. The van der Waals surface area contributed by atoms with Gasteiger partial charge in [0.1, 0.15) is 5.82 Å². The Morgan fingerprint density at radius 1 is 1.12 bits per heavy atom. The van der Waals surface area contributed by atoms with E-state index in [1.807, 2.05) is 60.6 Å². The normalized spacial score (nSPS) is 12.5. The molecule has 0 aliphatic rings. The van der Waals surface area contributed by atoms with Crippen molar-refractivity contribution in [2.45, 2.75) is 12.6 Å². The Morgan fingerprint density at radius 3 is 2.54 bits per heavy atom. The van der Waals surface area contributed by atoms with E-state index in [-0.39, 0.29) is 0 Å². The van der Waals surface area contributed by atoms with Crippen molar-refractivity contribution in [2.75, 3.05) is 13.6 Å². The summed E-state index contributed by atoms with van der Waals surface area (Å²) in [6, 6.07) is 17.4. The monoisotopic (exact) mass is 341 g/mol. The van der Waals surface area contributed by atoms with Gasteiger partial charge in [-0.15, -0.1) is 0 Å². The van der Waals surface area contributed by atoms with Crippen LogP contribution in [0.25, 0.3) is 11.3 Å². The summed E-state index contributed by atoms with van der Waals surface area (Å²) in [6.07, 6.45) is 1.28. The van der Waals surface area contributed by atoms with E-state index in [9.17, 15) is 5.11 Å². The number of hydrogen-bond acceptors (Lipinski definition) is 3. The molecule has 1 unspecified atom stereocenters. The minimum absolute atomic E-state index is 0.517. The topological polar surface area (TPSA) is 52.2 Å². The molecule has 1 aromatic heterocycles. The maximum Gasteiger partial charge on any atom is 0.120 e. The summed E-state index contributed by atoms with van der Waals surface area (Å²) >= 11 is 5.88. The number of likely N-dealkylation sites (N-methyl/N-ethyl adjacent to an activating group) is 1. The maximum atomic E-state index is 10.3. The number of aliphatic hydroxyl groups excluding tert-OH is 1. The molecule has 0 saturated heterocycles. The Kier molecular flexibility index (Phi) is 5.30. The summed E-state index contributed by atoms with van der Waals surface area (Å²) in [5.41, 5.74) is 2.97. The Bertz CT molecular complexity index is 771. The number of aliphatic hydroxyl groups is 1. The van der Waals surface area contributed by atoms with Gasteiger partial charge in [-0.25, -0.2) is 4.98 Å². The standard InChI is InChI=1S/C19H20ClN3O/c1-23(12-18(24)15-7-9-16(20)10-8-15)13-19-21-11-17(22-19)14-5-3-2-4-6-14/h2-11,18,24H,12-13H2,1H3,(H,21,22). The molecule has 2 N–H and O–H groups in total. The molecule has 124 valence electrons. The molecule has 2 aromatic carbocycles. The molecule has 0 spiro atoms. The zero-order valence-corrected chi connectivity index (χ0v) is 14.2. The van der Waals surface area contributed by atoms with E-state index in [1.54, 1.807) is 12.1 Å². The van der Waals surface area contributed by atoms with Gasteiger partial charge in [-0.05, 0) is 30.3 Å². The second kappa shape index (κ2) is 7.62. The molecule has 0 aliphatic heterocycles. The Hall–Kier alpha value is -2.14. The van der Waals surface area contributed by atoms with Gasteiger partial charge in [-0.1, -0.05) is 54.1 Å². The third-order valence-electron chi connectivity index (χ3n) is 3.87. The van der Waals surface area contributed by atoms with Crippen molar-refractivity contribution in [3.8, 4) is 11.3 Å². The van der Waals surface area contributed by atoms with Crippen molar-refractivity contribution in [2.24, 2.45) is 0 Å². The van der Waals surface area contributed by atoms with Gasteiger partial charge in [-0.3, -0.25) is 4.90 Å². The van der Waals surface area contributed by atoms with Crippen LogP contribution in [-0.2, 0) is 6.54 Å². The van der Waals surface area contributed by atoms with Gasteiger partial charge < -0.3 is 10.1 Å². The molecular weight excluding hydrogens is 322 g/mol. The largest absolute Gasteiger partial charge is 0.387 e. The molecule has 3 aromatic rings. The molecule has 0 saturated carbocycles. The van der Waals surface area contributed by atoms with Crippen LogP contribution < -0.4 is 0 Å². The molecule has 0 bridgehead atoms. The quantitative estimate of drug-likeness (QED) is 0.715. The molecule has 4 nitrogen and oxygen atoms in total. The molecule has 0 fully saturated rings. The van der Waals surface area contributed by atoms with Gasteiger partial charge in [-0.2, -0.15) is 0 Å². The lowest BCUT2D eigenvalue weighted by molar-refractivity contribution is 0.122. The van der Waals surface area contributed by atoms with Gasteiger partial charge in [0, 0.05) is 11.6 Å². The van der Waals surface area contributed by atoms with Crippen LogP contribution in [0.5, 0.6) is 0 Å². The highest BCUT2D eigenvalue weighted by molar-refractivity contribution is 6.30. The molecule has 5 heteroatoms. The summed E-state index contributed by atoms with van der Waals surface area (Å²) in [6.45, 7) is 1.15. The highest BCUT2D eigenvalue weighted by atomic mass is 35.5. The van der Waals surface area contributed by atoms with Gasteiger partial charge >= 0.3 is 0 Å². The zero-order valence-electron chi connectivity index (χ0n) is 13.5. The van der Waals surface area contributed by atoms with Crippen molar-refractivity contribution >= 4 is 11.6 Å². The van der Waals surface area contributed by atoms with Crippen LogP contribution in [0.1, 0.15) is 17.5 Å². The summed E-state index contributed by atoms with van der Waals surface area (Å²) in [7, 11) is 1.96. The predicted octanol–water partition coefficient (Wildman–Crippen LogP) is 3.90. The van der Waals surface area contributed by atoms with E-state index < -0.39 is 6.10 Å². The fraction of sp³-hybridized carbons (Fsp3) is 0.211. The van der Waals surface area contributed by atoms with Gasteiger partial charge in [0.2, 0.25) is 0 Å². The van der Waals surface area contributed by atoms with E-state index in [1.165, 1.54) is 0 Å². The van der Waals surface area contributed by atoms with Crippen molar-refractivity contribution < 1.29 is 5.11 Å². The van der Waals surface area contributed by atoms with Crippen molar-refractivity contribution in [3.05, 3.63) is 77.2 Å². The average Bonchev–Trinajstić information content (AvgIpc) is 3.04. The lowest BCUT2D eigenvalue weighted by Crippen LogP contribution is -2.24. The third kappa shape index (κ3) is 4.23. The van der Waals surface area contributed by atoms with Crippen LogP contribution in [0.4, 0.5) is 0 Å². The van der Waals surface area contributed by atoms with Crippen molar-refractivity contribution in [1.82, 2.24) is 14.9 Å². The van der Waals surface area contributed by atoms with E-state index in [2.05, 4.69) is 9.97 Å². The smallest absolute Gasteiger partial charge is 0.120 e. The van der Waals surface area contributed by atoms with Crippen LogP contribution in [-0.4, -0.2) is 33.6 Å². The summed E-state index contributed by atoms with van der Waals surface area (Å²) in [4.78, 5) is 9.79.